The first kappa shape index (κ1) is 24.8. The Morgan fingerprint density at radius 2 is 1.89 bits per heavy atom. The van der Waals surface area contributed by atoms with Gasteiger partial charge < -0.3 is 5.32 Å². The highest BCUT2D eigenvalue weighted by atomic mass is 32.2. The number of piperidine rings is 1. The summed E-state index contributed by atoms with van der Waals surface area (Å²) in [7, 11) is 0. The van der Waals surface area contributed by atoms with Crippen LogP contribution in [0.3, 0.4) is 0 Å². The molecule has 190 valence electrons. The zero-order valence-electron chi connectivity index (χ0n) is 21.4. The van der Waals surface area contributed by atoms with Crippen molar-refractivity contribution in [1.29, 1.82) is 0 Å². The molecule has 2 heterocycles. The van der Waals surface area contributed by atoms with Crippen LogP contribution < -0.4 is 5.32 Å². The average Bonchev–Trinajstić information content (AvgIpc) is 3.43. The third-order valence-electron chi connectivity index (χ3n) is 9.52. The number of nitrogens with zero attached hydrogens (tertiary/aromatic N) is 4. The van der Waals surface area contributed by atoms with E-state index in [4.69, 9.17) is 0 Å². The van der Waals surface area contributed by atoms with Gasteiger partial charge in [0.25, 0.3) is 0 Å². The van der Waals surface area contributed by atoms with Gasteiger partial charge in [0.2, 0.25) is 5.91 Å². The number of fused-ring (bicyclic) bond motifs is 2. The number of rotatable bonds is 7. The van der Waals surface area contributed by atoms with E-state index in [0.717, 1.165) is 31.0 Å². The van der Waals surface area contributed by atoms with Crippen LogP contribution in [0.25, 0.3) is 5.69 Å². The summed E-state index contributed by atoms with van der Waals surface area (Å²) in [5, 5.41) is 13.1. The lowest BCUT2D eigenvalue weighted by molar-refractivity contribution is -0.120. The Bertz CT molecular complexity index is 1060. The Labute approximate surface area is 212 Å². The lowest BCUT2D eigenvalue weighted by atomic mass is 9.69. The maximum atomic E-state index is 13.7. The summed E-state index contributed by atoms with van der Waals surface area (Å²) in [6.45, 7) is 11.3. The maximum Gasteiger partial charge on any atom is 0.230 e. The van der Waals surface area contributed by atoms with Gasteiger partial charge in [-0.3, -0.25) is 14.3 Å². The second kappa shape index (κ2) is 9.51. The Balaban J connectivity index is 1.32. The fraction of sp³-hybridized carbons (Fsp3) is 0.667. The zero-order chi connectivity index (χ0) is 24.8. The van der Waals surface area contributed by atoms with Crippen LogP contribution in [0.15, 0.2) is 29.4 Å². The number of likely N-dealkylation sites (tertiary alicyclic amines) is 1. The van der Waals surface area contributed by atoms with Crippen LogP contribution in [0.4, 0.5) is 4.39 Å². The summed E-state index contributed by atoms with van der Waals surface area (Å²) >= 11 is 1.41. The predicted molar refractivity (Wildman–Crippen MR) is 137 cm³/mol. The van der Waals surface area contributed by atoms with E-state index in [0.29, 0.717) is 11.1 Å². The molecule has 1 aliphatic heterocycles. The predicted octanol–water partition coefficient (Wildman–Crippen LogP) is 5.38. The Morgan fingerprint density at radius 1 is 1.17 bits per heavy atom. The number of thioether (sulfide) groups is 1. The first-order valence-corrected chi connectivity index (χ1v) is 14.1. The largest absolute Gasteiger partial charge is 0.352 e. The number of amides is 1. The highest BCUT2D eigenvalue weighted by molar-refractivity contribution is 7.99. The quantitative estimate of drug-likeness (QED) is 0.519. The van der Waals surface area contributed by atoms with Crippen molar-refractivity contribution in [1.82, 2.24) is 25.0 Å². The molecule has 0 spiro atoms. The number of halogens is 1. The molecule has 2 saturated carbocycles. The fourth-order valence-corrected chi connectivity index (χ4v) is 7.51. The van der Waals surface area contributed by atoms with Gasteiger partial charge in [-0.1, -0.05) is 39.0 Å². The van der Waals surface area contributed by atoms with Crippen molar-refractivity contribution < 1.29 is 9.18 Å². The van der Waals surface area contributed by atoms with Crippen molar-refractivity contribution >= 4 is 17.7 Å². The minimum absolute atomic E-state index is 0.0452. The molecule has 1 N–H and O–H groups in total. The molecule has 8 heteroatoms. The van der Waals surface area contributed by atoms with Crippen molar-refractivity contribution in [2.75, 3.05) is 18.8 Å². The molecule has 1 amide bonds. The second-order valence-electron chi connectivity index (χ2n) is 11.4. The van der Waals surface area contributed by atoms with Crippen LogP contribution in [0.1, 0.15) is 78.1 Å². The molecule has 0 unspecified atom stereocenters. The van der Waals surface area contributed by atoms with E-state index in [1.165, 1.54) is 56.0 Å². The lowest BCUT2D eigenvalue weighted by Crippen LogP contribution is -2.47. The number of hydrogen-bond acceptors (Lipinski definition) is 5. The number of carbonyl (C=O) groups is 1. The van der Waals surface area contributed by atoms with Gasteiger partial charge in [-0.15, -0.1) is 10.2 Å². The van der Waals surface area contributed by atoms with Crippen LogP contribution in [0.2, 0.25) is 0 Å². The first-order chi connectivity index (χ1) is 16.7. The topological polar surface area (TPSA) is 63.1 Å². The molecular formula is C27H38FN5OS. The van der Waals surface area contributed by atoms with Gasteiger partial charge in [-0.2, -0.15) is 0 Å². The third kappa shape index (κ3) is 4.41. The summed E-state index contributed by atoms with van der Waals surface area (Å²) < 4.78 is 15.7. The molecule has 2 aromatic rings. The monoisotopic (exact) mass is 499 g/mol. The molecule has 1 aromatic carbocycles. The Hall–Kier alpha value is -1.93. The average molecular weight is 500 g/mol. The van der Waals surface area contributed by atoms with E-state index in [9.17, 15) is 9.18 Å². The molecule has 6 nitrogen and oxygen atoms in total. The van der Waals surface area contributed by atoms with Gasteiger partial charge in [0.05, 0.1) is 11.8 Å². The van der Waals surface area contributed by atoms with E-state index < -0.39 is 0 Å². The molecule has 1 saturated heterocycles. The minimum Gasteiger partial charge on any atom is -0.352 e. The summed E-state index contributed by atoms with van der Waals surface area (Å²) in [6, 6.07) is 6.76. The van der Waals surface area contributed by atoms with Crippen molar-refractivity contribution in [2.24, 2.45) is 16.7 Å². The van der Waals surface area contributed by atoms with Crippen molar-refractivity contribution in [2.45, 2.75) is 83.5 Å². The molecule has 4 atom stereocenters. The molecule has 2 bridgehead atoms. The number of nitrogens with one attached hydrogen (secondary N) is 1. The van der Waals surface area contributed by atoms with E-state index in [-0.39, 0.29) is 40.4 Å². The van der Waals surface area contributed by atoms with Gasteiger partial charge in [-0.05, 0) is 93.1 Å². The first-order valence-electron chi connectivity index (χ1n) is 13.1. The molecule has 35 heavy (non-hydrogen) atoms. The molecule has 1 aromatic heterocycles. The van der Waals surface area contributed by atoms with Crippen molar-refractivity contribution in [3.63, 3.8) is 0 Å². The maximum absolute atomic E-state index is 13.7. The van der Waals surface area contributed by atoms with Gasteiger partial charge in [0.1, 0.15) is 5.82 Å². The molecule has 3 aliphatic rings. The van der Waals surface area contributed by atoms with Gasteiger partial charge >= 0.3 is 0 Å². The van der Waals surface area contributed by atoms with Crippen LogP contribution >= 0.6 is 11.8 Å². The molecular weight excluding hydrogens is 461 g/mol. The van der Waals surface area contributed by atoms with E-state index in [2.05, 4.69) is 48.1 Å². The second-order valence-corrected chi connectivity index (χ2v) is 12.4. The Morgan fingerprint density at radius 3 is 2.51 bits per heavy atom. The van der Waals surface area contributed by atoms with Gasteiger partial charge in [0.15, 0.2) is 11.0 Å². The molecule has 0 radical (unpaired) electrons. The van der Waals surface area contributed by atoms with Crippen molar-refractivity contribution in [3.05, 3.63) is 35.9 Å². The van der Waals surface area contributed by atoms with Crippen LogP contribution in [0, 0.1) is 22.6 Å². The highest BCUT2D eigenvalue weighted by Gasteiger charge is 2.61. The van der Waals surface area contributed by atoms with Gasteiger partial charge in [-0.25, -0.2) is 4.39 Å². The van der Waals surface area contributed by atoms with Crippen LogP contribution in [-0.2, 0) is 4.79 Å². The van der Waals surface area contributed by atoms with Gasteiger partial charge in [0, 0.05) is 11.7 Å². The Kier molecular flexibility index (Phi) is 6.72. The molecule has 3 fully saturated rings. The summed E-state index contributed by atoms with van der Waals surface area (Å²) in [6.07, 6.45) is 7.16. The number of carbonyl (C=O) groups excluding carboxylic acids is 1. The molecule has 5 rings (SSSR count). The highest BCUT2D eigenvalue weighted by Crippen LogP contribution is 2.65. The minimum atomic E-state index is -0.275. The summed E-state index contributed by atoms with van der Waals surface area (Å²) in [4.78, 5) is 15.5. The summed E-state index contributed by atoms with van der Waals surface area (Å²) in [5.74, 6) is 1.58. The van der Waals surface area contributed by atoms with Crippen LogP contribution in [-0.4, -0.2) is 50.5 Å². The van der Waals surface area contributed by atoms with E-state index in [1.54, 1.807) is 12.1 Å². The van der Waals surface area contributed by atoms with E-state index in [1.807, 2.05) is 4.57 Å². The van der Waals surface area contributed by atoms with Crippen molar-refractivity contribution in [3.8, 4) is 5.69 Å². The molecule has 2 aliphatic carbocycles. The van der Waals surface area contributed by atoms with Crippen LogP contribution in [0.5, 0.6) is 0 Å². The lowest BCUT2D eigenvalue weighted by Gasteiger charge is -2.39. The SMILES string of the molecule is C[C@H](c1nnc(SCC(=O)N[C@H]2C[C@H]3CC[C@@]2(C)C3(C)C)n1-c1ccc(F)cc1)N1CCCCC1. The number of aromatic nitrogens is 3. The number of benzene rings is 1. The zero-order valence-corrected chi connectivity index (χ0v) is 22.2. The third-order valence-corrected chi connectivity index (χ3v) is 10.4. The number of hydrogen-bond donors (Lipinski definition) is 1. The standard InChI is InChI=1S/C27H38FN5OS/c1-18(32-14-6-5-7-15-32)24-30-31-25(33(24)21-10-8-20(28)9-11-21)35-17-23(34)29-22-16-19-12-13-27(22,4)26(19,2)3/h8-11,18-19,22H,5-7,12-17H2,1-4H3,(H,29,34)/t18-,19-,22+,27-/m1/s1. The normalized spacial score (nSPS) is 28.8. The smallest absolute Gasteiger partial charge is 0.230 e. The summed E-state index contributed by atoms with van der Waals surface area (Å²) in [5.41, 5.74) is 1.24. The van der Waals surface area contributed by atoms with E-state index >= 15 is 0 Å². The fourth-order valence-electron chi connectivity index (χ4n) is 6.74.